The molecule has 0 bridgehead atoms. The van der Waals surface area contributed by atoms with Gasteiger partial charge in [-0.3, -0.25) is 0 Å². The van der Waals surface area contributed by atoms with Crippen molar-refractivity contribution in [2.24, 2.45) is 0 Å². The lowest BCUT2D eigenvalue weighted by atomic mass is 10.0. The maximum Gasteiger partial charge on any atom is 0.159 e. The Kier molecular flexibility index (Phi) is 8.16. The summed E-state index contributed by atoms with van der Waals surface area (Å²) in [5, 5.41) is 4.45. The minimum Gasteiger partial charge on any atom is -0.454 e. The smallest absolute Gasteiger partial charge is 0.159 e. The van der Waals surface area contributed by atoms with Crippen LogP contribution in [0.25, 0.3) is 55.0 Å². The van der Waals surface area contributed by atoms with Crippen LogP contribution in [0.4, 0.5) is 34.1 Å². The van der Waals surface area contributed by atoms with Crippen LogP contribution in [-0.2, 0) is 0 Å². The third kappa shape index (κ3) is 6.08. The molecule has 10 rings (SSSR count). The molecule has 55 heavy (non-hydrogen) atoms. The van der Waals surface area contributed by atoms with Crippen molar-refractivity contribution in [1.82, 2.24) is 0 Å². The second-order valence-corrected chi connectivity index (χ2v) is 13.8. The molecule has 0 unspecified atom stereocenters. The first-order valence-corrected chi connectivity index (χ1v) is 18.7. The Bertz CT molecular complexity index is 2920. The van der Waals surface area contributed by atoms with Crippen molar-refractivity contribution in [1.29, 1.82) is 0 Å². The highest BCUT2D eigenvalue weighted by atomic mass is 16.3. The van der Waals surface area contributed by atoms with Gasteiger partial charge in [0.05, 0.1) is 5.69 Å². The summed E-state index contributed by atoms with van der Waals surface area (Å²) >= 11 is 0. The molecule has 0 aliphatic carbocycles. The number of fused-ring (bicyclic) bond motifs is 4. The molecule has 0 saturated carbocycles. The predicted octanol–water partition coefficient (Wildman–Crippen LogP) is 15.0. The summed E-state index contributed by atoms with van der Waals surface area (Å²) in [6, 6.07) is 77.5. The second-order valence-electron chi connectivity index (χ2n) is 13.8. The van der Waals surface area contributed by atoms with Crippen molar-refractivity contribution in [3.05, 3.63) is 218 Å². The zero-order valence-electron chi connectivity index (χ0n) is 30.1. The molecule has 0 fully saturated rings. The first-order valence-electron chi connectivity index (χ1n) is 18.7. The number of anilines is 6. The van der Waals surface area contributed by atoms with E-state index in [9.17, 15) is 0 Å². The standard InChI is InChI=1S/C52H36N2O/c1-5-17-37(18-6-1)39-23-15-29-45(31-39)53(43-25-9-3-10-26-43)47-35-49-48-33-41-21-13-14-22-42(41)34-51(48)55-52(49)50(36-47)54(44-27-11-4-12-28-44)46-30-16-24-40(32-46)38-19-7-2-8-20-38/h1-36H. The average Bonchev–Trinajstić information content (AvgIpc) is 3.62. The Hall–Kier alpha value is -7.36. The molecule has 0 aliphatic rings. The van der Waals surface area contributed by atoms with Crippen LogP contribution in [-0.4, -0.2) is 0 Å². The largest absolute Gasteiger partial charge is 0.454 e. The van der Waals surface area contributed by atoms with Gasteiger partial charge in [-0.2, -0.15) is 0 Å². The molecule has 0 radical (unpaired) electrons. The van der Waals surface area contributed by atoms with Gasteiger partial charge in [0, 0.05) is 39.2 Å². The molecule has 3 nitrogen and oxygen atoms in total. The lowest BCUT2D eigenvalue weighted by Gasteiger charge is -2.30. The first kappa shape index (κ1) is 32.3. The Balaban J connectivity index is 1.27. The summed E-state index contributed by atoms with van der Waals surface area (Å²) in [5.41, 5.74) is 12.5. The molecule has 9 aromatic carbocycles. The first-order chi connectivity index (χ1) is 27.3. The van der Waals surface area contributed by atoms with E-state index in [-0.39, 0.29) is 0 Å². The topological polar surface area (TPSA) is 19.6 Å². The van der Waals surface area contributed by atoms with E-state index in [4.69, 9.17) is 4.42 Å². The van der Waals surface area contributed by atoms with Crippen molar-refractivity contribution < 1.29 is 4.42 Å². The number of benzene rings is 9. The van der Waals surface area contributed by atoms with Crippen LogP contribution in [0.3, 0.4) is 0 Å². The van der Waals surface area contributed by atoms with Gasteiger partial charge in [-0.25, -0.2) is 0 Å². The minimum absolute atomic E-state index is 0.828. The lowest BCUT2D eigenvalue weighted by Crippen LogP contribution is -2.13. The van der Waals surface area contributed by atoms with Gasteiger partial charge in [-0.1, -0.05) is 146 Å². The molecular weight excluding hydrogens is 669 g/mol. The zero-order valence-corrected chi connectivity index (χ0v) is 30.1. The number of hydrogen-bond donors (Lipinski definition) is 0. The Morgan fingerprint density at radius 3 is 1.33 bits per heavy atom. The third-order valence-electron chi connectivity index (χ3n) is 10.4. The van der Waals surface area contributed by atoms with E-state index in [0.29, 0.717) is 0 Å². The summed E-state index contributed by atoms with van der Waals surface area (Å²) in [5.74, 6) is 0. The van der Waals surface area contributed by atoms with Gasteiger partial charge in [0.1, 0.15) is 5.58 Å². The second kappa shape index (κ2) is 13.9. The minimum atomic E-state index is 0.828. The quantitative estimate of drug-likeness (QED) is 0.157. The summed E-state index contributed by atoms with van der Waals surface area (Å²) in [6.07, 6.45) is 0. The average molecular weight is 705 g/mol. The SMILES string of the molecule is c1ccc(-c2cccc(N(c3ccccc3)c3cc(N(c4ccccc4)c4cccc(-c5ccccc5)c4)c4oc5cc6ccccc6cc5c4c3)c2)cc1. The summed E-state index contributed by atoms with van der Waals surface area (Å²) in [4.78, 5) is 4.70. The van der Waals surface area contributed by atoms with Crippen molar-refractivity contribution in [3.63, 3.8) is 0 Å². The molecule has 0 saturated heterocycles. The normalized spacial score (nSPS) is 11.3. The highest BCUT2D eigenvalue weighted by molar-refractivity contribution is 6.15. The van der Waals surface area contributed by atoms with Gasteiger partial charge in [0.25, 0.3) is 0 Å². The van der Waals surface area contributed by atoms with Crippen LogP contribution in [0.1, 0.15) is 0 Å². The highest BCUT2D eigenvalue weighted by Crippen LogP contribution is 2.48. The maximum atomic E-state index is 6.99. The molecule has 1 heterocycles. The fourth-order valence-electron chi connectivity index (χ4n) is 7.76. The number of rotatable bonds is 8. The molecule has 0 atom stereocenters. The number of nitrogens with zero attached hydrogens (tertiary/aromatic N) is 2. The molecule has 0 amide bonds. The van der Waals surface area contributed by atoms with Gasteiger partial charge >= 0.3 is 0 Å². The van der Waals surface area contributed by atoms with E-state index in [1.165, 1.54) is 16.5 Å². The fourth-order valence-corrected chi connectivity index (χ4v) is 7.76. The lowest BCUT2D eigenvalue weighted by molar-refractivity contribution is 0.669. The maximum absolute atomic E-state index is 6.99. The van der Waals surface area contributed by atoms with Crippen molar-refractivity contribution in [2.75, 3.05) is 9.80 Å². The molecule has 10 aromatic rings. The van der Waals surface area contributed by atoms with Crippen molar-refractivity contribution >= 4 is 66.8 Å². The fraction of sp³-hybridized carbons (Fsp3) is 0. The van der Waals surface area contributed by atoms with Crippen LogP contribution in [0.2, 0.25) is 0 Å². The Labute approximate surface area is 320 Å². The Morgan fingerprint density at radius 1 is 0.291 bits per heavy atom. The molecule has 0 N–H and O–H groups in total. The van der Waals surface area contributed by atoms with Gasteiger partial charge in [0.2, 0.25) is 0 Å². The molecule has 0 aliphatic heterocycles. The molecule has 1 aromatic heterocycles. The predicted molar refractivity (Wildman–Crippen MR) is 231 cm³/mol. The van der Waals surface area contributed by atoms with Crippen LogP contribution < -0.4 is 9.80 Å². The van der Waals surface area contributed by atoms with Gasteiger partial charge in [-0.15, -0.1) is 0 Å². The van der Waals surface area contributed by atoms with E-state index in [1.54, 1.807) is 0 Å². The van der Waals surface area contributed by atoms with Crippen LogP contribution in [0.5, 0.6) is 0 Å². The monoisotopic (exact) mass is 704 g/mol. The van der Waals surface area contributed by atoms with E-state index < -0.39 is 0 Å². The molecule has 3 heteroatoms. The summed E-state index contributed by atoms with van der Waals surface area (Å²) < 4.78 is 6.99. The van der Waals surface area contributed by atoms with Crippen molar-refractivity contribution in [2.45, 2.75) is 0 Å². The van der Waals surface area contributed by atoms with Crippen LogP contribution in [0, 0.1) is 0 Å². The summed E-state index contributed by atoms with van der Waals surface area (Å²) in [7, 11) is 0. The number of furan rings is 1. The number of hydrogen-bond acceptors (Lipinski definition) is 3. The van der Waals surface area contributed by atoms with Gasteiger partial charge in [-0.05, 0) is 106 Å². The van der Waals surface area contributed by atoms with Crippen molar-refractivity contribution in [3.8, 4) is 22.3 Å². The number of para-hydroxylation sites is 2. The highest BCUT2D eigenvalue weighted by Gasteiger charge is 2.24. The zero-order chi connectivity index (χ0) is 36.6. The van der Waals surface area contributed by atoms with Gasteiger partial charge in [0.15, 0.2) is 5.58 Å². The van der Waals surface area contributed by atoms with E-state index >= 15 is 0 Å². The van der Waals surface area contributed by atoms with Gasteiger partial charge < -0.3 is 14.2 Å². The van der Waals surface area contributed by atoms with E-state index in [2.05, 4.69) is 228 Å². The molecule has 0 spiro atoms. The van der Waals surface area contributed by atoms with E-state index in [1.807, 2.05) is 0 Å². The van der Waals surface area contributed by atoms with Crippen LogP contribution in [0.15, 0.2) is 223 Å². The Morgan fingerprint density at radius 2 is 0.745 bits per heavy atom. The summed E-state index contributed by atoms with van der Waals surface area (Å²) in [6.45, 7) is 0. The molecule has 260 valence electrons. The van der Waals surface area contributed by atoms with E-state index in [0.717, 1.165) is 72.6 Å². The molecular formula is C52H36N2O. The van der Waals surface area contributed by atoms with Crippen LogP contribution >= 0.6 is 0 Å². The third-order valence-corrected chi connectivity index (χ3v) is 10.4.